The third-order valence-corrected chi connectivity index (χ3v) is 6.15. The zero-order valence-corrected chi connectivity index (χ0v) is 17.3. The summed E-state index contributed by atoms with van der Waals surface area (Å²) in [5.74, 6) is 0.722. The van der Waals surface area contributed by atoms with Crippen LogP contribution in [-0.2, 0) is 0 Å². The van der Waals surface area contributed by atoms with Gasteiger partial charge in [-0.2, -0.15) is 0 Å². The first kappa shape index (κ1) is 18.7. The van der Waals surface area contributed by atoms with E-state index in [-0.39, 0.29) is 12.0 Å². The fraction of sp³-hybridized carbons (Fsp3) is 0.273. The molecule has 0 saturated carbocycles. The lowest BCUT2D eigenvalue weighted by Crippen LogP contribution is -2.42. The van der Waals surface area contributed by atoms with Crippen LogP contribution in [-0.4, -0.2) is 52.1 Å². The Balaban J connectivity index is 1.23. The second-order valence-electron chi connectivity index (χ2n) is 7.17. The molecule has 1 aliphatic heterocycles. The lowest BCUT2D eigenvalue weighted by atomic mass is 10.1. The Kier molecular flexibility index (Phi) is 4.92. The molecule has 30 heavy (non-hydrogen) atoms. The van der Waals surface area contributed by atoms with Gasteiger partial charge in [-0.05, 0) is 30.3 Å². The van der Waals surface area contributed by atoms with Crippen molar-refractivity contribution in [2.24, 2.45) is 0 Å². The van der Waals surface area contributed by atoms with Gasteiger partial charge in [0, 0.05) is 25.9 Å². The molecular weight excluding hydrogens is 400 g/mol. The quantitative estimate of drug-likeness (QED) is 0.498. The number of piperidine rings is 1. The van der Waals surface area contributed by atoms with E-state index in [2.05, 4.69) is 15.0 Å². The molecule has 8 heteroatoms. The summed E-state index contributed by atoms with van der Waals surface area (Å²) in [6.45, 7) is 1.24. The second-order valence-corrected chi connectivity index (χ2v) is 8.16. The van der Waals surface area contributed by atoms with Crippen molar-refractivity contribution in [3.05, 3.63) is 54.4 Å². The van der Waals surface area contributed by atoms with Crippen molar-refractivity contribution in [1.29, 1.82) is 0 Å². The average Bonchev–Trinajstić information content (AvgIpc) is 3.20. The number of para-hydroxylation sites is 2. The number of rotatable bonds is 4. The number of benzene rings is 2. The first-order valence-electron chi connectivity index (χ1n) is 9.82. The Morgan fingerprint density at radius 2 is 1.87 bits per heavy atom. The topological polar surface area (TPSA) is 77.4 Å². The molecule has 1 aliphatic rings. The van der Waals surface area contributed by atoms with E-state index < -0.39 is 0 Å². The first-order chi connectivity index (χ1) is 14.7. The molecule has 0 bridgehead atoms. The van der Waals surface area contributed by atoms with Crippen molar-refractivity contribution in [3.63, 3.8) is 0 Å². The van der Waals surface area contributed by atoms with E-state index in [0.29, 0.717) is 24.0 Å². The molecule has 5 rings (SSSR count). The number of fused-ring (bicyclic) bond motifs is 2. The van der Waals surface area contributed by atoms with Crippen LogP contribution in [0.1, 0.15) is 23.3 Å². The molecular formula is C22H20N4O3S. The second kappa shape index (κ2) is 7.87. The molecule has 0 N–H and O–H groups in total. The molecule has 0 unspecified atom stereocenters. The highest BCUT2D eigenvalue weighted by molar-refractivity contribution is 7.20. The lowest BCUT2D eigenvalue weighted by Gasteiger charge is -2.31. The highest BCUT2D eigenvalue weighted by atomic mass is 32.1. The molecule has 1 amide bonds. The molecule has 1 saturated heterocycles. The van der Waals surface area contributed by atoms with Gasteiger partial charge in [0.1, 0.15) is 17.5 Å². The van der Waals surface area contributed by atoms with Crippen LogP contribution in [0, 0.1) is 0 Å². The summed E-state index contributed by atoms with van der Waals surface area (Å²) in [4.78, 5) is 28.0. The van der Waals surface area contributed by atoms with Crippen LogP contribution in [0.15, 0.2) is 48.7 Å². The summed E-state index contributed by atoms with van der Waals surface area (Å²) < 4.78 is 12.4. The zero-order valence-electron chi connectivity index (χ0n) is 16.4. The van der Waals surface area contributed by atoms with Gasteiger partial charge in [0.25, 0.3) is 11.1 Å². The van der Waals surface area contributed by atoms with E-state index in [0.717, 1.165) is 39.8 Å². The van der Waals surface area contributed by atoms with Gasteiger partial charge in [0.05, 0.1) is 34.6 Å². The summed E-state index contributed by atoms with van der Waals surface area (Å²) in [6.07, 6.45) is 3.11. The fourth-order valence-corrected chi connectivity index (χ4v) is 4.51. The number of ether oxygens (including phenoxy) is 2. The molecule has 152 valence electrons. The number of amides is 1. The molecule has 0 spiro atoms. The lowest BCUT2D eigenvalue weighted by molar-refractivity contribution is 0.0590. The fourth-order valence-electron chi connectivity index (χ4n) is 3.60. The minimum Gasteiger partial charge on any atom is -0.497 e. The molecule has 1 fully saturated rings. The number of thiazole rings is 1. The van der Waals surface area contributed by atoms with E-state index >= 15 is 0 Å². The summed E-state index contributed by atoms with van der Waals surface area (Å²) in [6, 6.07) is 13.3. The normalized spacial score (nSPS) is 14.9. The number of carbonyl (C=O) groups excluding carboxylic acids is 1. The number of likely N-dealkylation sites (tertiary alicyclic amines) is 1. The van der Waals surface area contributed by atoms with Crippen molar-refractivity contribution in [3.8, 4) is 10.9 Å². The van der Waals surface area contributed by atoms with E-state index in [1.807, 2.05) is 47.4 Å². The third kappa shape index (κ3) is 3.66. The van der Waals surface area contributed by atoms with Crippen LogP contribution in [0.5, 0.6) is 10.9 Å². The predicted molar refractivity (Wildman–Crippen MR) is 115 cm³/mol. The van der Waals surface area contributed by atoms with Crippen LogP contribution in [0.2, 0.25) is 0 Å². The van der Waals surface area contributed by atoms with Crippen molar-refractivity contribution in [2.75, 3.05) is 20.2 Å². The zero-order chi connectivity index (χ0) is 20.5. The van der Waals surface area contributed by atoms with Crippen molar-refractivity contribution in [1.82, 2.24) is 19.9 Å². The van der Waals surface area contributed by atoms with Gasteiger partial charge < -0.3 is 14.4 Å². The molecule has 0 radical (unpaired) electrons. The molecule has 0 aliphatic carbocycles. The SMILES string of the molecule is COc1ccc2nc(OC3CCN(C(=O)c4cnc5ccccc5n4)CC3)sc2c1. The van der Waals surface area contributed by atoms with Crippen molar-refractivity contribution >= 4 is 38.5 Å². The van der Waals surface area contributed by atoms with Crippen LogP contribution in [0.3, 0.4) is 0 Å². The molecule has 4 aromatic rings. The highest BCUT2D eigenvalue weighted by Gasteiger charge is 2.26. The van der Waals surface area contributed by atoms with Gasteiger partial charge in [0.2, 0.25) is 0 Å². The van der Waals surface area contributed by atoms with E-state index in [4.69, 9.17) is 9.47 Å². The van der Waals surface area contributed by atoms with Gasteiger partial charge in [-0.1, -0.05) is 23.5 Å². The van der Waals surface area contributed by atoms with Crippen LogP contribution < -0.4 is 9.47 Å². The summed E-state index contributed by atoms with van der Waals surface area (Å²) >= 11 is 1.51. The Morgan fingerprint density at radius 3 is 2.67 bits per heavy atom. The highest BCUT2D eigenvalue weighted by Crippen LogP contribution is 2.32. The van der Waals surface area contributed by atoms with Gasteiger partial charge in [-0.25, -0.2) is 9.97 Å². The van der Waals surface area contributed by atoms with Crippen molar-refractivity contribution < 1.29 is 14.3 Å². The van der Waals surface area contributed by atoms with Crippen molar-refractivity contribution in [2.45, 2.75) is 18.9 Å². The molecule has 0 atom stereocenters. The van der Waals surface area contributed by atoms with Crippen LogP contribution in [0.4, 0.5) is 0 Å². The smallest absolute Gasteiger partial charge is 0.274 e. The number of hydrogen-bond acceptors (Lipinski definition) is 7. The molecule has 2 aromatic carbocycles. The number of aromatic nitrogens is 3. The van der Waals surface area contributed by atoms with E-state index in [1.54, 1.807) is 13.3 Å². The summed E-state index contributed by atoms with van der Waals surface area (Å²) in [5, 5.41) is 0.656. The van der Waals surface area contributed by atoms with Crippen LogP contribution in [0.25, 0.3) is 21.3 Å². The summed E-state index contributed by atoms with van der Waals surface area (Å²) in [7, 11) is 1.65. The van der Waals surface area contributed by atoms with Crippen LogP contribution >= 0.6 is 11.3 Å². The average molecular weight is 420 g/mol. The maximum absolute atomic E-state index is 12.8. The van der Waals surface area contributed by atoms with E-state index in [9.17, 15) is 4.79 Å². The minimum absolute atomic E-state index is 0.0409. The standard InChI is InChI=1S/C22H20N4O3S/c1-28-15-6-7-18-20(12-15)30-22(25-18)29-14-8-10-26(11-9-14)21(27)19-13-23-16-4-2-3-5-17(16)24-19/h2-7,12-14H,8-11H2,1H3. The Bertz CT molecular complexity index is 1220. The van der Waals surface area contributed by atoms with Gasteiger partial charge >= 0.3 is 0 Å². The third-order valence-electron chi connectivity index (χ3n) is 5.24. The van der Waals surface area contributed by atoms with Gasteiger partial charge in [-0.3, -0.25) is 9.78 Å². The number of nitrogens with zero attached hydrogens (tertiary/aromatic N) is 4. The number of methoxy groups -OCH3 is 1. The Morgan fingerprint density at radius 1 is 1.07 bits per heavy atom. The van der Waals surface area contributed by atoms with E-state index in [1.165, 1.54) is 11.3 Å². The largest absolute Gasteiger partial charge is 0.497 e. The maximum Gasteiger partial charge on any atom is 0.274 e. The maximum atomic E-state index is 12.8. The van der Waals surface area contributed by atoms with Gasteiger partial charge in [0.15, 0.2) is 0 Å². The number of carbonyl (C=O) groups is 1. The molecule has 7 nitrogen and oxygen atoms in total. The first-order valence-corrected chi connectivity index (χ1v) is 10.6. The Labute approximate surface area is 177 Å². The minimum atomic E-state index is -0.0845. The molecule has 2 aromatic heterocycles. The number of hydrogen-bond donors (Lipinski definition) is 0. The summed E-state index contributed by atoms with van der Waals surface area (Å²) in [5.41, 5.74) is 2.80. The predicted octanol–water partition coefficient (Wildman–Crippen LogP) is 3.93. The monoisotopic (exact) mass is 420 g/mol. The Hall–Kier alpha value is -3.26. The van der Waals surface area contributed by atoms with Gasteiger partial charge in [-0.15, -0.1) is 0 Å². The molecule has 3 heterocycles.